The van der Waals surface area contributed by atoms with Crippen molar-refractivity contribution in [3.63, 3.8) is 0 Å². The standard InChI is InChI=1S/C13H18O5/c1-7-10-5-6-13(17-10,8(2)11(7)14)18-12(15)9(3)16-4/h5-10H,1-4H3/t7-,8+,9+,10+,13+/m0/s1. The SMILES string of the molecule is CO[C@H](C)C(=O)O[C@@]12C=C[C@@H](O1)[C@H](C)C(=O)[C@H]2C. The molecule has 2 bridgehead atoms. The lowest BCUT2D eigenvalue weighted by molar-refractivity contribution is -0.250. The minimum absolute atomic E-state index is 0.0501. The first kappa shape index (κ1) is 13.2. The summed E-state index contributed by atoms with van der Waals surface area (Å²) >= 11 is 0. The molecule has 100 valence electrons. The Kier molecular flexibility index (Phi) is 3.29. The Morgan fingerprint density at radius 3 is 2.78 bits per heavy atom. The Labute approximate surface area is 106 Å². The number of carbonyl (C=O) groups excluding carboxylic acids is 2. The highest BCUT2D eigenvalue weighted by atomic mass is 16.7. The Hall–Kier alpha value is -1.20. The van der Waals surface area contributed by atoms with Gasteiger partial charge in [-0.05, 0) is 19.9 Å². The second kappa shape index (κ2) is 4.48. The summed E-state index contributed by atoms with van der Waals surface area (Å²) in [5, 5.41) is 0. The number of hydrogen-bond acceptors (Lipinski definition) is 5. The van der Waals surface area contributed by atoms with E-state index in [-0.39, 0.29) is 17.8 Å². The average Bonchev–Trinajstić information content (AvgIpc) is 2.76. The van der Waals surface area contributed by atoms with Gasteiger partial charge in [-0.2, -0.15) is 0 Å². The largest absolute Gasteiger partial charge is 0.426 e. The summed E-state index contributed by atoms with van der Waals surface area (Å²) in [6.07, 6.45) is 2.47. The van der Waals surface area contributed by atoms with Crippen molar-refractivity contribution in [2.75, 3.05) is 7.11 Å². The molecule has 5 nitrogen and oxygen atoms in total. The summed E-state index contributed by atoms with van der Waals surface area (Å²) in [7, 11) is 1.43. The zero-order valence-corrected chi connectivity index (χ0v) is 11.0. The van der Waals surface area contributed by atoms with Gasteiger partial charge in [0.05, 0.1) is 12.0 Å². The molecule has 2 heterocycles. The second-order valence-electron chi connectivity index (χ2n) is 4.87. The van der Waals surface area contributed by atoms with E-state index in [0.717, 1.165) is 0 Å². The van der Waals surface area contributed by atoms with Crippen molar-refractivity contribution in [2.45, 2.75) is 38.8 Å². The van der Waals surface area contributed by atoms with E-state index in [2.05, 4.69) is 0 Å². The van der Waals surface area contributed by atoms with Crippen molar-refractivity contribution in [1.82, 2.24) is 0 Å². The summed E-state index contributed by atoms with van der Waals surface area (Å²) in [6.45, 7) is 5.13. The molecule has 0 aromatic heterocycles. The van der Waals surface area contributed by atoms with Gasteiger partial charge in [0.1, 0.15) is 5.78 Å². The van der Waals surface area contributed by atoms with Crippen LogP contribution in [0.4, 0.5) is 0 Å². The maximum atomic E-state index is 12.1. The lowest BCUT2D eigenvalue weighted by Gasteiger charge is -2.39. The highest BCUT2D eigenvalue weighted by Gasteiger charge is 2.55. The molecule has 0 aromatic rings. The van der Waals surface area contributed by atoms with Crippen LogP contribution in [0, 0.1) is 11.8 Å². The second-order valence-corrected chi connectivity index (χ2v) is 4.87. The lowest BCUT2D eigenvalue weighted by Crippen LogP contribution is -2.53. The average molecular weight is 254 g/mol. The first-order chi connectivity index (χ1) is 8.41. The highest BCUT2D eigenvalue weighted by molar-refractivity contribution is 5.87. The number of methoxy groups -OCH3 is 1. The van der Waals surface area contributed by atoms with Gasteiger partial charge < -0.3 is 14.2 Å². The minimum Gasteiger partial charge on any atom is -0.426 e. The fraction of sp³-hybridized carbons (Fsp3) is 0.692. The van der Waals surface area contributed by atoms with Gasteiger partial charge in [-0.15, -0.1) is 0 Å². The van der Waals surface area contributed by atoms with E-state index in [9.17, 15) is 9.59 Å². The van der Waals surface area contributed by atoms with Gasteiger partial charge in [-0.1, -0.05) is 13.0 Å². The molecular formula is C13H18O5. The monoisotopic (exact) mass is 254 g/mol. The molecule has 0 saturated carbocycles. The van der Waals surface area contributed by atoms with E-state index >= 15 is 0 Å². The Morgan fingerprint density at radius 2 is 2.17 bits per heavy atom. The van der Waals surface area contributed by atoms with Crippen LogP contribution >= 0.6 is 0 Å². The maximum absolute atomic E-state index is 12.1. The molecule has 0 aromatic carbocycles. The molecule has 18 heavy (non-hydrogen) atoms. The molecule has 0 aliphatic carbocycles. The van der Waals surface area contributed by atoms with Crippen LogP contribution < -0.4 is 0 Å². The predicted molar refractivity (Wildman–Crippen MR) is 62.6 cm³/mol. The quantitative estimate of drug-likeness (QED) is 0.557. The van der Waals surface area contributed by atoms with E-state index in [4.69, 9.17) is 14.2 Å². The molecule has 0 N–H and O–H groups in total. The third-order valence-electron chi connectivity index (χ3n) is 3.76. The van der Waals surface area contributed by atoms with Crippen molar-refractivity contribution >= 4 is 11.8 Å². The van der Waals surface area contributed by atoms with Gasteiger partial charge in [0.15, 0.2) is 6.10 Å². The van der Waals surface area contributed by atoms with Gasteiger partial charge in [0, 0.05) is 13.0 Å². The van der Waals surface area contributed by atoms with Crippen molar-refractivity contribution in [3.8, 4) is 0 Å². The summed E-state index contributed by atoms with van der Waals surface area (Å²) in [5.41, 5.74) is 0. The molecule has 2 aliphatic heterocycles. The number of ketones is 1. The van der Waals surface area contributed by atoms with Gasteiger partial charge in [0.25, 0.3) is 0 Å². The van der Waals surface area contributed by atoms with E-state index < -0.39 is 23.8 Å². The van der Waals surface area contributed by atoms with Crippen molar-refractivity contribution in [3.05, 3.63) is 12.2 Å². The number of Topliss-reactive ketones (excluding diaryl/α,β-unsaturated/α-hetero) is 1. The summed E-state index contributed by atoms with van der Waals surface area (Å²) in [5.74, 6) is -2.44. The minimum atomic E-state index is -1.25. The fourth-order valence-electron chi connectivity index (χ4n) is 2.27. The highest BCUT2D eigenvalue weighted by Crippen LogP contribution is 2.42. The van der Waals surface area contributed by atoms with E-state index in [1.54, 1.807) is 26.0 Å². The summed E-state index contributed by atoms with van der Waals surface area (Å²) < 4.78 is 16.0. The molecule has 2 rings (SSSR count). The van der Waals surface area contributed by atoms with Crippen LogP contribution in [0.5, 0.6) is 0 Å². The predicted octanol–water partition coefficient (Wildman–Crippen LogP) is 1.07. The molecule has 0 amide bonds. The van der Waals surface area contributed by atoms with Crippen LogP contribution in [-0.4, -0.2) is 36.9 Å². The van der Waals surface area contributed by atoms with Crippen molar-refractivity contribution < 1.29 is 23.8 Å². The number of ether oxygens (including phenoxy) is 3. The van der Waals surface area contributed by atoms with Gasteiger partial charge in [0.2, 0.25) is 5.79 Å². The zero-order chi connectivity index (χ0) is 13.5. The summed E-state index contributed by atoms with van der Waals surface area (Å²) in [4.78, 5) is 23.9. The molecule has 0 radical (unpaired) electrons. The number of rotatable bonds is 3. The van der Waals surface area contributed by atoms with Crippen LogP contribution in [0.2, 0.25) is 0 Å². The lowest BCUT2D eigenvalue weighted by atomic mass is 9.86. The van der Waals surface area contributed by atoms with Crippen LogP contribution in [0.3, 0.4) is 0 Å². The molecule has 0 spiro atoms. The van der Waals surface area contributed by atoms with Gasteiger partial charge in [-0.3, -0.25) is 4.79 Å². The zero-order valence-electron chi connectivity index (χ0n) is 11.0. The maximum Gasteiger partial charge on any atom is 0.337 e. The molecule has 2 aliphatic rings. The number of fused-ring (bicyclic) bond motifs is 2. The van der Waals surface area contributed by atoms with Gasteiger partial charge in [-0.25, -0.2) is 4.79 Å². The molecule has 0 unspecified atom stereocenters. The Bertz CT molecular complexity index is 402. The normalized spacial score (nSPS) is 39.8. The number of hydrogen-bond donors (Lipinski definition) is 0. The van der Waals surface area contributed by atoms with Crippen LogP contribution in [-0.2, 0) is 23.8 Å². The molecule has 5 heteroatoms. The van der Waals surface area contributed by atoms with Crippen molar-refractivity contribution in [2.24, 2.45) is 11.8 Å². The Morgan fingerprint density at radius 1 is 1.50 bits per heavy atom. The fourth-order valence-corrected chi connectivity index (χ4v) is 2.27. The first-order valence-electron chi connectivity index (χ1n) is 6.08. The van der Waals surface area contributed by atoms with Crippen LogP contribution in [0.1, 0.15) is 20.8 Å². The van der Waals surface area contributed by atoms with E-state index in [0.29, 0.717) is 0 Å². The first-order valence-corrected chi connectivity index (χ1v) is 6.08. The van der Waals surface area contributed by atoms with E-state index in [1.165, 1.54) is 7.11 Å². The Balaban J connectivity index is 2.19. The van der Waals surface area contributed by atoms with Crippen LogP contribution in [0.25, 0.3) is 0 Å². The molecule has 5 atom stereocenters. The number of esters is 1. The molecular weight excluding hydrogens is 236 g/mol. The third-order valence-corrected chi connectivity index (χ3v) is 3.76. The number of carbonyl (C=O) groups is 2. The topological polar surface area (TPSA) is 61.8 Å². The van der Waals surface area contributed by atoms with Crippen molar-refractivity contribution in [1.29, 1.82) is 0 Å². The molecule has 1 fully saturated rings. The summed E-state index contributed by atoms with van der Waals surface area (Å²) in [6, 6.07) is 0. The molecule has 1 saturated heterocycles. The smallest absolute Gasteiger partial charge is 0.337 e. The van der Waals surface area contributed by atoms with Crippen LogP contribution in [0.15, 0.2) is 12.2 Å². The third kappa shape index (κ3) is 1.87. The van der Waals surface area contributed by atoms with Gasteiger partial charge >= 0.3 is 5.97 Å². The van der Waals surface area contributed by atoms with E-state index in [1.807, 2.05) is 6.92 Å².